The van der Waals surface area contributed by atoms with Gasteiger partial charge in [0.2, 0.25) is 5.78 Å². The van der Waals surface area contributed by atoms with Crippen LogP contribution in [0.15, 0.2) is 0 Å². The van der Waals surface area contributed by atoms with Gasteiger partial charge in [0.25, 0.3) is 0 Å². The van der Waals surface area contributed by atoms with E-state index in [1.807, 2.05) is 0 Å². The van der Waals surface area contributed by atoms with Crippen molar-refractivity contribution in [2.75, 3.05) is 6.61 Å². The molecule has 0 aliphatic heterocycles. The minimum atomic E-state index is -2.11. The lowest BCUT2D eigenvalue weighted by atomic mass is 9.99. The highest BCUT2D eigenvalue weighted by atomic mass is 16.4. The summed E-state index contributed by atoms with van der Waals surface area (Å²) in [7, 11) is 0. The molecule has 0 saturated heterocycles. The molecule has 0 fully saturated rings. The molecule has 0 spiro atoms. The minimum Gasteiger partial charge on any atom is -0.394 e. The van der Waals surface area contributed by atoms with Gasteiger partial charge in [-0.1, -0.05) is 78.1 Å². The lowest BCUT2D eigenvalue weighted by Gasteiger charge is -2.24. The second-order valence-corrected chi connectivity index (χ2v) is 6.92. The fourth-order valence-corrected chi connectivity index (χ4v) is 2.45. The first kappa shape index (κ1) is 28.4. The molecule has 0 heterocycles. The Morgan fingerprint density at radius 2 is 1.07 bits per heavy atom. The van der Waals surface area contributed by atoms with Crippen molar-refractivity contribution in [2.24, 2.45) is 0 Å². The summed E-state index contributed by atoms with van der Waals surface area (Å²) in [5, 5.41) is 44.7. The molecule has 0 radical (unpaired) electrons. The third-order valence-corrected chi connectivity index (χ3v) is 4.33. The van der Waals surface area contributed by atoms with Gasteiger partial charge in [0.1, 0.15) is 24.4 Å². The van der Waals surface area contributed by atoms with E-state index in [9.17, 15) is 9.59 Å². The van der Waals surface area contributed by atoms with E-state index in [4.69, 9.17) is 25.5 Å². The van der Waals surface area contributed by atoms with Crippen LogP contribution in [0.5, 0.6) is 0 Å². The predicted octanol–water partition coefficient (Wildman–Crippen LogP) is 1.51. The fraction of sp³-hybridized carbons (Fsp3) is 0.900. The van der Waals surface area contributed by atoms with E-state index in [2.05, 4.69) is 13.8 Å². The van der Waals surface area contributed by atoms with Crippen LogP contribution in [0.3, 0.4) is 0 Å². The number of rotatable bonds is 15. The third-order valence-electron chi connectivity index (χ3n) is 4.33. The standard InChI is InChI=1S/C12H26.C8H14O7/c1-3-5-7-9-11-12-10-8-6-4-2;1-3(10)5(12)7(14)8(15)6(13)4(11)2-9/h3-12H2,1-2H3;4,6-9,11,13-15H,2H2,1H3. The van der Waals surface area contributed by atoms with Gasteiger partial charge in [0.15, 0.2) is 5.78 Å². The van der Waals surface area contributed by atoms with E-state index in [1.165, 1.54) is 64.2 Å². The molecule has 7 nitrogen and oxygen atoms in total. The molecule has 27 heavy (non-hydrogen) atoms. The lowest BCUT2D eigenvalue weighted by molar-refractivity contribution is -0.153. The van der Waals surface area contributed by atoms with Gasteiger partial charge in [-0.3, -0.25) is 9.59 Å². The molecule has 4 unspecified atom stereocenters. The van der Waals surface area contributed by atoms with Crippen LogP contribution in [-0.4, -0.2) is 68.1 Å². The maximum atomic E-state index is 10.9. The van der Waals surface area contributed by atoms with Crippen molar-refractivity contribution in [2.45, 2.75) is 109 Å². The quantitative estimate of drug-likeness (QED) is 0.210. The van der Waals surface area contributed by atoms with Crippen molar-refractivity contribution < 1.29 is 35.1 Å². The summed E-state index contributed by atoms with van der Waals surface area (Å²) in [6, 6.07) is 0. The van der Waals surface area contributed by atoms with Gasteiger partial charge in [-0.15, -0.1) is 0 Å². The number of ketones is 2. The largest absolute Gasteiger partial charge is 0.394 e. The van der Waals surface area contributed by atoms with Crippen molar-refractivity contribution in [1.29, 1.82) is 0 Å². The van der Waals surface area contributed by atoms with Crippen LogP contribution >= 0.6 is 0 Å². The average Bonchev–Trinajstić information content (AvgIpc) is 2.67. The van der Waals surface area contributed by atoms with E-state index in [-0.39, 0.29) is 0 Å². The number of carbonyl (C=O) groups excluding carboxylic acids is 2. The first-order valence-electron chi connectivity index (χ1n) is 10.1. The minimum absolute atomic E-state index is 0.848. The normalized spacial score (nSPS) is 15.3. The number of aliphatic hydroxyl groups excluding tert-OH is 5. The van der Waals surface area contributed by atoms with E-state index >= 15 is 0 Å². The third kappa shape index (κ3) is 14.8. The van der Waals surface area contributed by atoms with Crippen LogP contribution in [0.2, 0.25) is 0 Å². The second-order valence-electron chi connectivity index (χ2n) is 6.92. The van der Waals surface area contributed by atoms with Crippen molar-refractivity contribution >= 4 is 11.6 Å². The number of Topliss-reactive ketones (excluding diaryl/α,β-unsaturated/α-hetero) is 2. The Labute approximate surface area is 163 Å². The molecular formula is C20H40O7. The van der Waals surface area contributed by atoms with Gasteiger partial charge in [-0.25, -0.2) is 0 Å². The van der Waals surface area contributed by atoms with Crippen molar-refractivity contribution in [3.8, 4) is 0 Å². The molecule has 0 aliphatic rings. The summed E-state index contributed by atoms with van der Waals surface area (Å²) < 4.78 is 0. The molecule has 0 saturated carbocycles. The van der Waals surface area contributed by atoms with Crippen LogP contribution < -0.4 is 0 Å². The Bertz CT molecular complexity index is 363. The van der Waals surface area contributed by atoms with Crippen molar-refractivity contribution in [3.63, 3.8) is 0 Å². The second kappa shape index (κ2) is 18.5. The Morgan fingerprint density at radius 1 is 0.704 bits per heavy atom. The molecule has 0 aromatic carbocycles. The van der Waals surface area contributed by atoms with E-state index in [1.54, 1.807) is 0 Å². The molecule has 0 aliphatic carbocycles. The summed E-state index contributed by atoms with van der Waals surface area (Å²) in [5.41, 5.74) is 0. The number of unbranched alkanes of at least 4 members (excludes halogenated alkanes) is 9. The van der Waals surface area contributed by atoms with Crippen LogP contribution in [0.4, 0.5) is 0 Å². The highest BCUT2D eigenvalue weighted by Gasteiger charge is 2.35. The Kier molecular flexibility index (Phi) is 19.4. The van der Waals surface area contributed by atoms with Gasteiger partial charge in [-0.2, -0.15) is 0 Å². The molecule has 7 heteroatoms. The van der Waals surface area contributed by atoms with E-state index in [0.29, 0.717) is 0 Å². The van der Waals surface area contributed by atoms with Gasteiger partial charge in [0, 0.05) is 6.92 Å². The number of hydrogen-bond donors (Lipinski definition) is 5. The van der Waals surface area contributed by atoms with Crippen LogP contribution in [-0.2, 0) is 9.59 Å². The smallest absolute Gasteiger partial charge is 0.229 e. The van der Waals surface area contributed by atoms with Gasteiger partial charge < -0.3 is 25.5 Å². The van der Waals surface area contributed by atoms with E-state index < -0.39 is 42.6 Å². The first-order chi connectivity index (χ1) is 12.7. The van der Waals surface area contributed by atoms with Gasteiger partial charge >= 0.3 is 0 Å². The molecule has 162 valence electrons. The summed E-state index contributed by atoms with van der Waals surface area (Å²) in [5.74, 6) is -2.25. The lowest BCUT2D eigenvalue weighted by Crippen LogP contribution is -2.49. The zero-order valence-corrected chi connectivity index (χ0v) is 17.1. The molecule has 0 aromatic rings. The van der Waals surface area contributed by atoms with Crippen molar-refractivity contribution in [1.82, 2.24) is 0 Å². The highest BCUT2D eigenvalue weighted by Crippen LogP contribution is 2.10. The topological polar surface area (TPSA) is 135 Å². The zero-order valence-electron chi connectivity index (χ0n) is 17.1. The maximum Gasteiger partial charge on any atom is 0.229 e. The number of carbonyl (C=O) groups is 2. The molecule has 0 aromatic heterocycles. The van der Waals surface area contributed by atoms with E-state index in [0.717, 1.165) is 6.92 Å². The van der Waals surface area contributed by atoms with Crippen LogP contribution in [0.1, 0.15) is 85.0 Å². The van der Waals surface area contributed by atoms with Gasteiger partial charge in [-0.05, 0) is 0 Å². The Hall–Kier alpha value is -0.860. The Morgan fingerprint density at radius 3 is 1.37 bits per heavy atom. The molecular weight excluding hydrogens is 352 g/mol. The molecule has 4 atom stereocenters. The van der Waals surface area contributed by atoms with Gasteiger partial charge in [0.05, 0.1) is 6.61 Å². The summed E-state index contributed by atoms with van der Waals surface area (Å²) >= 11 is 0. The van der Waals surface area contributed by atoms with Crippen LogP contribution in [0, 0.1) is 0 Å². The molecule has 0 bridgehead atoms. The van der Waals surface area contributed by atoms with Crippen LogP contribution in [0.25, 0.3) is 0 Å². The maximum absolute atomic E-state index is 10.9. The molecule has 0 rings (SSSR count). The SMILES string of the molecule is CC(=O)C(=O)C(O)C(O)C(O)C(O)CO.CCCCCCCCCCCC. The number of aliphatic hydroxyl groups is 5. The predicted molar refractivity (Wildman–Crippen MR) is 104 cm³/mol. The first-order valence-corrected chi connectivity index (χ1v) is 10.1. The molecule has 5 N–H and O–H groups in total. The monoisotopic (exact) mass is 392 g/mol. The highest BCUT2D eigenvalue weighted by molar-refractivity contribution is 6.38. The summed E-state index contributed by atoms with van der Waals surface area (Å²) in [6.07, 6.45) is 6.70. The summed E-state index contributed by atoms with van der Waals surface area (Å²) in [4.78, 5) is 21.4. The average molecular weight is 393 g/mol. The Balaban J connectivity index is 0. The summed E-state index contributed by atoms with van der Waals surface area (Å²) in [6.45, 7) is 4.61. The zero-order chi connectivity index (χ0) is 21.2. The molecule has 0 amide bonds. The van der Waals surface area contributed by atoms with Crippen molar-refractivity contribution in [3.05, 3.63) is 0 Å². The fourth-order valence-electron chi connectivity index (χ4n) is 2.45. The number of hydrogen-bond acceptors (Lipinski definition) is 7.